The first-order chi connectivity index (χ1) is 13.9. The number of nitrogens with one attached hydrogen (secondary N) is 1. The zero-order valence-electron chi connectivity index (χ0n) is 16.7. The van der Waals surface area contributed by atoms with Gasteiger partial charge in [0.15, 0.2) is 0 Å². The van der Waals surface area contributed by atoms with Gasteiger partial charge in [0.1, 0.15) is 10.7 Å². The summed E-state index contributed by atoms with van der Waals surface area (Å²) in [7, 11) is -0.279. The first-order valence-corrected chi connectivity index (χ1v) is 10.8. The van der Waals surface area contributed by atoms with Crippen molar-refractivity contribution in [1.82, 2.24) is 24.5 Å². The molecule has 2 aromatic heterocycles. The van der Waals surface area contributed by atoms with Crippen LogP contribution in [0, 0.1) is 0 Å². The van der Waals surface area contributed by atoms with Crippen molar-refractivity contribution in [1.29, 1.82) is 0 Å². The van der Waals surface area contributed by atoms with Crippen molar-refractivity contribution < 1.29 is 13.2 Å². The van der Waals surface area contributed by atoms with Gasteiger partial charge in [-0.15, -0.1) is 0 Å². The molecule has 3 rings (SSSR count). The molecule has 0 saturated carbocycles. The second-order valence-corrected chi connectivity index (χ2v) is 9.08. The number of anilines is 1. The third kappa shape index (κ3) is 5.49. The topological polar surface area (TPSA) is 98.7 Å². The lowest BCUT2D eigenvalue weighted by atomic mass is 10.2. The molecule has 1 fully saturated rings. The molecule has 3 heterocycles. The summed E-state index contributed by atoms with van der Waals surface area (Å²) in [6.07, 6.45) is 4.49. The number of pyridine rings is 2. The molecule has 0 aromatic carbocycles. The van der Waals surface area contributed by atoms with E-state index in [1.165, 1.54) is 25.5 Å². The maximum Gasteiger partial charge on any atom is 0.244 e. The molecule has 1 aliphatic rings. The van der Waals surface area contributed by atoms with Gasteiger partial charge in [0.25, 0.3) is 0 Å². The Bertz CT molecular complexity index is 930. The number of carbonyl (C=O) groups is 1. The monoisotopic (exact) mass is 418 g/mol. The van der Waals surface area contributed by atoms with Crippen LogP contribution < -0.4 is 10.2 Å². The van der Waals surface area contributed by atoms with Crippen LogP contribution in [0.2, 0.25) is 0 Å². The molecule has 1 aliphatic heterocycles. The van der Waals surface area contributed by atoms with Crippen LogP contribution in [-0.2, 0) is 21.4 Å². The number of aromatic nitrogens is 2. The first kappa shape index (κ1) is 21.2. The molecule has 1 saturated heterocycles. The number of nitrogens with zero attached hydrogens (tertiary/aromatic N) is 5. The summed E-state index contributed by atoms with van der Waals surface area (Å²) in [6.45, 7) is 3.84. The van der Waals surface area contributed by atoms with E-state index in [0.717, 1.165) is 41.9 Å². The predicted molar refractivity (Wildman–Crippen MR) is 110 cm³/mol. The third-order valence-electron chi connectivity index (χ3n) is 4.84. The van der Waals surface area contributed by atoms with E-state index in [4.69, 9.17) is 0 Å². The minimum absolute atomic E-state index is 0.0567. The van der Waals surface area contributed by atoms with Crippen molar-refractivity contribution in [2.75, 3.05) is 51.7 Å². The lowest BCUT2D eigenvalue weighted by Crippen LogP contribution is -2.44. The molecule has 2 aromatic rings. The molecule has 0 aliphatic carbocycles. The Morgan fingerprint density at radius 3 is 2.66 bits per heavy atom. The molecule has 1 amide bonds. The van der Waals surface area contributed by atoms with E-state index in [0.29, 0.717) is 6.54 Å². The average Bonchev–Trinajstić information content (AvgIpc) is 2.73. The molecule has 156 valence electrons. The zero-order chi connectivity index (χ0) is 20.9. The highest BCUT2D eigenvalue weighted by Crippen LogP contribution is 2.15. The van der Waals surface area contributed by atoms with E-state index in [-0.39, 0.29) is 17.3 Å². The van der Waals surface area contributed by atoms with E-state index in [9.17, 15) is 13.2 Å². The Labute approximate surface area is 171 Å². The molecule has 0 atom stereocenters. The van der Waals surface area contributed by atoms with Gasteiger partial charge >= 0.3 is 0 Å². The van der Waals surface area contributed by atoms with Gasteiger partial charge in [-0.05, 0) is 36.9 Å². The fourth-order valence-electron chi connectivity index (χ4n) is 3.00. The first-order valence-electron chi connectivity index (χ1n) is 9.38. The average molecular weight is 419 g/mol. The standard InChI is InChI=1S/C19H26N6O3S/c1-23-8-10-25(11-9-23)18-12-16(5-7-21-18)13-22-19(26)15-24(2)29(27,28)17-4-3-6-20-14-17/h3-7,12,14H,8-11,13,15H2,1-2H3,(H,22,26). The molecular weight excluding hydrogens is 392 g/mol. The van der Waals surface area contributed by atoms with Crippen molar-refractivity contribution in [3.8, 4) is 0 Å². The van der Waals surface area contributed by atoms with Crippen LogP contribution in [0.3, 0.4) is 0 Å². The molecule has 10 heteroatoms. The molecule has 0 unspecified atom stereocenters. The van der Waals surface area contributed by atoms with Gasteiger partial charge in [0.2, 0.25) is 15.9 Å². The maximum absolute atomic E-state index is 12.5. The van der Waals surface area contributed by atoms with Gasteiger partial charge in [0.05, 0.1) is 6.54 Å². The van der Waals surface area contributed by atoms with E-state index in [1.54, 1.807) is 12.3 Å². The van der Waals surface area contributed by atoms with E-state index in [2.05, 4.69) is 32.1 Å². The van der Waals surface area contributed by atoms with Crippen LogP contribution in [0.1, 0.15) is 5.56 Å². The van der Waals surface area contributed by atoms with Crippen LogP contribution in [0.5, 0.6) is 0 Å². The summed E-state index contributed by atoms with van der Waals surface area (Å²) in [5.74, 6) is 0.513. The quantitative estimate of drug-likeness (QED) is 0.684. The minimum Gasteiger partial charge on any atom is -0.354 e. The molecule has 0 radical (unpaired) electrons. The number of piperazine rings is 1. The van der Waals surface area contributed by atoms with Crippen LogP contribution in [0.15, 0.2) is 47.8 Å². The minimum atomic E-state index is -3.75. The second-order valence-electron chi connectivity index (χ2n) is 7.04. The molecule has 1 N–H and O–H groups in total. The molecule has 0 spiro atoms. The predicted octanol–water partition coefficient (Wildman–Crippen LogP) is 0.165. The normalized spacial score (nSPS) is 15.5. The zero-order valence-corrected chi connectivity index (χ0v) is 17.5. The van der Waals surface area contributed by atoms with Gasteiger partial charge in [-0.25, -0.2) is 13.4 Å². The van der Waals surface area contributed by atoms with Gasteiger partial charge in [-0.2, -0.15) is 4.31 Å². The molecule has 9 nitrogen and oxygen atoms in total. The number of likely N-dealkylation sites (N-methyl/N-ethyl adjacent to an activating group) is 2. The highest BCUT2D eigenvalue weighted by Gasteiger charge is 2.23. The van der Waals surface area contributed by atoms with Gasteiger partial charge < -0.3 is 15.1 Å². The largest absolute Gasteiger partial charge is 0.354 e. The fourth-order valence-corrected chi connectivity index (χ4v) is 4.09. The van der Waals surface area contributed by atoms with Gasteiger partial charge in [-0.1, -0.05) is 0 Å². The summed E-state index contributed by atoms with van der Waals surface area (Å²) in [6, 6.07) is 6.80. The third-order valence-corrected chi connectivity index (χ3v) is 6.62. The van der Waals surface area contributed by atoms with Crippen molar-refractivity contribution in [2.45, 2.75) is 11.4 Å². The smallest absolute Gasteiger partial charge is 0.244 e. The lowest BCUT2D eigenvalue weighted by Gasteiger charge is -2.33. The Morgan fingerprint density at radius 1 is 1.21 bits per heavy atom. The van der Waals surface area contributed by atoms with Crippen molar-refractivity contribution in [2.24, 2.45) is 0 Å². The van der Waals surface area contributed by atoms with Crippen molar-refractivity contribution in [3.63, 3.8) is 0 Å². The van der Waals surface area contributed by atoms with Crippen LogP contribution in [0.25, 0.3) is 0 Å². The Morgan fingerprint density at radius 2 is 1.97 bits per heavy atom. The molecule has 29 heavy (non-hydrogen) atoms. The van der Waals surface area contributed by atoms with Crippen LogP contribution >= 0.6 is 0 Å². The van der Waals surface area contributed by atoms with Crippen molar-refractivity contribution in [3.05, 3.63) is 48.4 Å². The number of hydrogen-bond donors (Lipinski definition) is 1. The van der Waals surface area contributed by atoms with Crippen LogP contribution in [-0.4, -0.2) is 80.3 Å². The van der Waals surface area contributed by atoms with Crippen molar-refractivity contribution >= 4 is 21.7 Å². The summed E-state index contributed by atoms with van der Waals surface area (Å²) in [5, 5.41) is 2.78. The number of amides is 1. The SMILES string of the molecule is CN1CCN(c2cc(CNC(=O)CN(C)S(=O)(=O)c3cccnc3)ccn2)CC1. The molecular formula is C19H26N6O3S. The van der Waals surface area contributed by atoms with E-state index < -0.39 is 10.0 Å². The highest BCUT2D eigenvalue weighted by molar-refractivity contribution is 7.89. The number of hydrogen-bond acceptors (Lipinski definition) is 7. The van der Waals surface area contributed by atoms with Crippen LogP contribution in [0.4, 0.5) is 5.82 Å². The fraction of sp³-hybridized carbons (Fsp3) is 0.421. The summed E-state index contributed by atoms with van der Waals surface area (Å²) < 4.78 is 26.0. The van der Waals surface area contributed by atoms with Gasteiger partial charge in [0, 0.05) is 58.4 Å². The summed E-state index contributed by atoms with van der Waals surface area (Å²) in [5.41, 5.74) is 0.917. The number of carbonyl (C=O) groups excluding carboxylic acids is 1. The second kappa shape index (κ2) is 9.29. The summed E-state index contributed by atoms with van der Waals surface area (Å²) in [4.78, 5) is 25.1. The van der Waals surface area contributed by atoms with Gasteiger partial charge in [-0.3, -0.25) is 9.78 Å². The number of rotatable bonds is 7. The maximum atomic E-state index is 12.5. The Balaban J connectivity index is 1.55. The number of sulfonamides is 1. The van der Waals surface area contributed by atoms with E-state index in [1.807, 2.05) is 12.1 Å². The Hall–Kier alpha value is -2.56. The molecule has 0 bridgehead atoms. The highest BCUT2D eigenvalue weighted by atomic mass is 32.2. The lowest BCUT2D eigenvalue weighted by molar-refractivity contribution is -0.121. The summed E-state index contributed by atoms with van der Waals surface area (Å²) >= 11 is 0. The van der Waals surface area contributed by atoms with E-state index >= 15 is 0 Å². The Kier molecular flexibility index (Phi) is 6.78.